The molecule has 1 aromatic carbocycles. The number of aromatic amines is 1. The Balaban J connectivity index is 1.54. The molecule has 3 rings (SSSR count). The Morgan fingerprint density at radius 2 is 2.08 bits per heavy atom. The average molecular weight is 334 g/mol. The number of carbonyl (C=O) groups is 1. The van der Waals surface area contributed by atoms with Gasteiger partial charge in [0.05, 0.1) is 12.2 Å². The molecule has 1 saturated heterocycles. The number of hydrogen-bond donors (Lipinski definition) is 2. The van der Waals surface area contributed by atoms with Crippen molar-refractivity contribution in [3.8, 4) is 0 Å². The second-order valence-electron chi connectivity index (χ2n) is 6.14. The van der Waals surface area contributed by atoms with Crippen LogP contribution in [0, 0.1) is 11.6 Å². The van der Waals surface area contributed by atoms with Gasteiger partial charge in [0.2, 0.25) is 0 Å². The molecule has 5 nitrogen and oxygen atoms in total. The summed E-state index contributed by atoms with van der Waals surface area (Å²) in [4.78, 5) is 14.1. The van der Waals surface area contributed by atoms with Gasteiger partial charge >= 0.3 is 6.03 Å². The topological polar surface area (TPSA) is 61.0 Å². The van der Waals surface area contributed by atoms with Crippen LogP contribution in [-0.4, -0.2) is 34.2 Å². The molecule has 1 atom stereocenters. The van der Waals surface area contributed by atoms with Crippen LogP contribution >= 0.6 is 0 Å². The first-order chi connectivity index (χ1) is 11.5. The van der Waals surface area contributed by atoms with Gasteiger partial charge in [0.15, 0.2) is 11.6 Å². The fraction of sp³-hybridized carbons (Fsp3) is 0.412. The molecule has 0 bridgehead atoms. The van der Waals surface area contributed by atoms with E-state index in [9.17, 15) is 13.6 Å². The molecule has 0 saturated carbocycles. The molecule has 0 spiro atoms. The third-order valence-corrected chi connectivity index (χ3v) is 4.56. The largest absolute Gasteiger partial charge is 0.331 e. The summed E-state index contributed by atoms with van der Waals surface area (Å²) in [5.41, 5.74) is 1.71. The first-order valence-electron chi connectivity index (χ1n) is 8.03. The van der Waals surface area contributed by atoms with Crippen molar-refractivity contribution in [2.45, 2.75) is 31.7 Å². The molecule has 0 aliphatic carbocycles. The number of H-pyrrole nitrogens is 1. The number of urea groups is 1. The van der Waals surface area contributed by atoms with E-state index in [1.54, 1.807) is 23.4 Å². The predicted molar refractivity (Wildman–Crippen MR) is 85.4 cm³/mol. The second-order valence-corrected chi connectivity index (χ2v) is 6.14. The van der Waals surface area contributed by atoms with Crippen molar-refractivity contribution >= 4 is 6.03 Å². The van der Waals surface area contributed by atoms with Crippen LogP contribution in [0.4, 0.5) is 13.6 Å². The van der Waals surface area contributed by atoms with Crippen molar-refractivity contribution in [3.63, 3.8) is 0 Å². The number of nitrogens with zero attached hydrogens (tertiary/aromatic N) is 2. The predicted octanol–water partition coefficient (Wildman–Crippen LogP) is 3.34. The van der Waals surface area contributed by atoms with Crippen LogP contribution < -0.4 is 5.32 Å². The number of aromatic nitrogens is 2. The summed E-state index contributed by atoms with van der Waals surface area (Å²) in [7, 11) is 0. The van der Waals surface area contributed by atoms with Crippen LogP contribution in [0.25, 0.3) is 0 Å². The standard InChI is InChI=1S/C17H20F2N4O/c1-11(14-9-20-21-10-14)22-17(24)23-6-4-12(5-7-23)13-2-3-15(18)16(19)8-13/h2-3,8-12H,4-7H2,1H3,(H,20,21)(H,22,24). The molecule has 7 heteroatoms. The molecule has 2 amide bonds. The zero-order valence-electron chi connectivity index (χ0n) is 13.4. The minimum absolute atomic E-state index is 0.118. The van der Waals surface area contributed by atoms with E-state index in [1.165, 1.54) is 6.07 Å². The monoisotopic (exact) mass is 334 g/mol. The highest BCUT2D eigenvalue weighted by Gasteiger charge is 2.25. The van der Waals surface area contributed by atoms with E-state index >= 15 is 0 Å². The summed E-state index contributed by atoms with van der Waals surface area (Å²) in [5.74, 6) is -1.50. The van der Waals surface area contributed by atoms with Crippen molar-refractivity contribution in [3.05, 3.63) is 53.4 Å². The van der Waals surface area contributed by atoms with Gasteiger partial charge in [-0.1, -0.05) is 6.07 Å². The summed E-state index contributed by atoms with van der Waals surface area (Å²) < 4.78 is 26.4. The molecule has 0 radical (unpaired) electrons. The summed E-state index contributed by atoms with van der Waals surface area (Å²) in [5, 5.41) is 9.54. The third-order valence-electron chi connectivity index (χ3n) is 4.56. The highest BCUT2D eigenvalue weighted by Crippen LogP contribution is 2.29. The van der Waals surface area contributed by atoms with Crippen LogP contribution in [0.15, 0.2) is 30.6 Å². The number of nitrogens with one attached hydrogen (secondary N) is 2. The Kier molecular flexibility index (Phi) is 4.78. The second kappa shape index (κ2) is 6.98. The van der Waals surface area contributed by atoms with Crippen molar-refractivity contribution in [2.24, 2.45) is 0 Å². The van der Waals surface area contributed by atoms with Crippen LogP contribution in [0.3, 0.4) is 0 Å². The molecule has 128 valence electrons. The maximum Gasteiger partial charge on any atom is 0.317 e. The number of likely N-dealkylation sites (tertiary alicyclic amines) is 1. The van der Waals surface area contributed by atoms with Gasteiger partial charge in [-0.05, 0) is 43.4 Å². The number of carbonyl (C=O) groups excluding carboxylic acids is 1. The summed E-state index contributed by atoms with van der Waals surface area (Å²) >= 11 is 0. The van der Waals surface area contributed by atoms with Crippen LogP contribution in [0.5, 0.6) is 0 Å². The lowest BCUT2D eigenvalue weighted by molar-refractivity contribution is 0.178. The summed E-state index contributed by atoms with van der Waals surface area (Å²) in [6.45, 7) is 3.08. The lowest BCUT2D eigenvalue weighted by Crippen LogP contribution is -2.44. The molecule has 1 aliphatic rings. The Morgan fingerprint density at radius 3 is 2.71 bits per heavy atom. The van der Waals surface area contributed by atoms with E-state index < -0.39 is 11.6 Å². The van der Waals surface area contributed by atoms with E-state index in [0.717, 1.165) is 30.0 Å². The van der Waals surface area contributed by atoms with E-state index in [4.69, 9.17) is 0 Å². The molecule has 2 heterocycles. The number of amides is 2. The van der Waals surface area contributed by atoms with Gasteiger partial charge in [-0.15, -0.1) is 0 Å². The fourth-order valence-corrected chi connectivity index (χ4v) is 3.04. The third kappa shape index (κ3) is 3.55. The molecule has 1 fully saturated rings. The van der Waals surface area contributed by atoms with Crippen molar-refractivity contribution in [1.82, 2.24) is 20.4 Å². The van der Waals surface area contributed by atoms with Crippen molar-refractivity contribution in [1.29, 1.82) is 0 Å². The number of benzene rings is 1. The van der Waals surface area contributed by atoms with Gasteiger partial charge in [0.1, 0.15) is 0 Å². The van der Waals surface area contributed by atoms with Gasteiger partial charge < -0.3 is 10.2 Å². The van der Waals surface area contributed by atoms with Gasteiger partial charge in [0.25, 0.3) is 0 Å². The Labute approximate surface area is 139 Å². The van der Waals surface area contributed by atoms with Gasteiger partial charge in [-0.25, -0.2) is 13.6 Å². The summed E-state index contributed by atoms with van der Waals surface area (Å²) in [6, 6.07) is 3.81. The highest BCUT2D eigenvalue weighted by molar-refractivity contribution is 5.74. The highest BCUT2D eigenvalue weighted by atomic mass is 19.2. The maximum atomic E-state index is 13.4. The molecular formula is C17H20F2N4O. The van der Waals surface area contributed by atoms with Gasteiger partial charge in [-0.3, -0.25) is 5.10 Å². The zero-order valence-corrected chi connectivity index (χ0v) is 13.4. The SMILES string of the molecule is CC(NC(=O)N1CCC(c2ccc(F)c(F)c2)CC1)c1cn[nH]c1. The van der Waals surface area contributed by atoms with Crippen LogP contribution in [-0.2, 0) is 0 Å². The smallest absolute Gasteiger partial charge is 0.317 e. The minimum Gasteiger partial charge on any atom is -0.331 e. The molecule has 1 aromatic heterocycles. The van der Waals surface area contributed by atoms with E-state index in [-0.39, 0.29) is 18.0 Å². The molecule has 2 aromatic rings. The quantitative estimate of drug-likeness (QED) is 0.904. The van der Waals surface area contributed by atoms with Crippen LogP contribution in [0.2, 0.25) is 0 Å². The summed E-state index contributed by atoms with van der Waals surface area (Å²) in [6.07, 6.45) is 4.90. The Bertz CT molecular complexity index is 697. The van der Waals surface area contributed by atoms with Crippen molar-refractivity contribution in [2.75, 3.05) is 13.1 Å². The lowest BCUT2D eigenvalue weighted by Gasteiger charge is -2.33. The first-order valence-corrected chi connectivity index (χ1v) is 8.03. The minimum atomic E-state index is -0.830. The Morgan fingerprint density at radius 1 is 1.33 bits per heavy atom. The molecular weight excluding hydrogens is 314 g/mol. The molecule has 1 aliphatic heterocycles. The first kappa shape index (κ1) is 16.4. The van der Waals surface area contributed by atoms with E-state index in [0.29, 0.717) is 13.1 Å². The van der Waals surface area contributed by atoms with Gasteiger partial charge in [-0.2, -0.15) is 5.10 Å². The number of hydrogen-bond acceptors (Lipinski definition) is 2. The van der Waals surface area contributed by atoms with Crippen LogP contribution in [0.1, 0.15) is 42.9 Å². The fourth-order valence-electron chi connectivity index (χ4n) is 3.04. The van der Waals surface area contributed by atoms with E-state index in [2.05, 4.69) is 15.5 Å². The molecule has 24 heavy (non-hydrogen) atoms. The number of halogens is 2. The maximum absolute atomic E-state index is 13.4. The number of piperidine rings is 1. The molecule has 2 N–H and O–H groups in total. The molecule has 1 unspecified atom stereocenters. The number of rotatable bonds is 3. The van der Waals surface area contributed by atoms with Gasteiger partial charge in [0, 0.05) is 24.8 Å². The lowest BCUT2D eigenvalue weighted by atomic mass is 9.89. The normalized spacial score (nSPS) is 16.9. The zero-order chi connectivity index (χ0) is 17.1. The Hall–Kier alpha value is -2.44. The van der Waals surface area contributed by atoms with Crippen molar-refractivity contribution < 1.29 is 13.6 Å². The average Bonchev–Trinajstić information content (AvgIpc) is 3.12. The van der Waals surface area contributed by atoms with E-state index in [1.807, 2.05) is 6.92 Å².